The molecule has 0 aromatic heterocycles. The van der Waals surface area contributed by atoms with Gasteiger partial charge >= 0.3 is 0 Å². The van der Waals surface area contributed by atoms with Crippen molar-refractivity contribution in [2.75, 3.05) is 0 Å². The molecule has 0 radical (unpaired) electrons. The van der Waals surface area contributed by atoms with Crippen LogP contribution in [0, 0.1) is 35.0 Å². The van der Waals surface area contributed by atoms with Crippen LogP contribution >= 0.6 is 0 Å². The van der Waals surface area contributed by atoms with Gasteiger partial charge in [0.1, 0.15) is 5.78 Å². The van der Waals surface area contributed by atoms with Crippen LogP contribution < -0.4 is 0 Å². The maximum atomic E-state index is 12.4. The topological polar surface area (TPSA) is 37.3 Å². The van der Waals surface area contributed by atoms with Gasteiger partial charge in [0.25, 0.3) is 0 Å². The van der Waals surface area contributed by atoms with Crippen LogP contribution in [0.4, 0.5) is 0 Å². The van der Waals surface area contributed by atoms with E-state index < -0.39 is 18.8 Å². The van der Waals surface area contributed by atoms with Crippen LogP contribution in [0.1, 0.15) is 70.1 Å². The molecule has 7 atom stereocenters. The number of aliphatic hydroxyl groups is 1. The lowest BCUT2D eigenvalue weighted by atomic mass is 9.50. The van der Waals surface area contributed by atoms with E-state index in [1.165, 1.54) is 0 Å². The second-order valence-electron chi connectivity index (χ2n) is 7.68. The van der Waals surface area contributed by atoms with Crippen LogP contribution in [0.3, 0.4) is 0 Å². The molecular weight excluding hydrogens is 248 g/mol. The molecule has 0 aliphatic heterocycles. The first-order chi connectivity index (χ1) is 11.1. The average molecular weight is 280 g/mol. The summed E-state index contributed by atoms with van der Waals surface area (Å²) in [6.45, 7) is 2.12. The zero-order chi connectivity index (χ0) is 17.5. The minimum Gasteiger partial charge on any atom is -0.393 e. The molecule has 0 unspecified atom stereocenters. The van der Waals surface area contributed by atoms with Gasteiger partial charge in [-0.2, -0.15) is 0 Å². The molecule has 0 bridgehead atoms. The highest BCUT2D eigenvalue weighted by Crippen LogP contribution is 2.61. The van der Waals surface area contributed by atoms with Crippen molar-refractivity contribution in [3.8, 4) is 0 Å². The Morgan fingerprint density at radius 1 is 1.15 bits per heavy atom. The number of Topliss-reactive ketones (excluding diaryl/α,β-unsaturated/α-hetero) is 1. The molecule has 4 aliphatic carbocycles. The molecule has 0 amide bonds. The van der Waals surface area contributed by atoms with E-state index in [0.29, 0.717) is 36.4 Å². The van der Waals surface area contributed by atoms with Gasteiger partial charge in [0.15, 0.2) is 0 Å². The molecule has 20 heavy (non-hydrogen) atoms. The molecule has 0 heterocycles. The Labute approximate surface area is 127 Å². The highest BCUT2D eigenvalue weighted by molar-refractivity contribution is 5.87. The van der Waals surface area contributed by atoms with E-state index in [-0.39, 0.29) is 23.7 Å². The van der Waals surface area contributed by atoms with Crippen molar-refractivity contribution in [3.05, 3.63) is 0 Å². The largest absolute Gasteiger partial charge is 0.393 e. The van der Waals surface area contributed by atoms with Gasteiger partial charge in [0.2, 0.25) is 0 Å². The van der Waals surface area contributed by atoms with Crippen molar-refractivity contribution in [2.24, 2.45) is 35.0 Å². The quantitative estimate of drug-likeness (QED) is 0.736. The van der Waals surface area contributed by atoms with E-state index in [1.807, 2.05) is 0 Å². The van der Waals surface area contributed by atoms with Crippen LogP contribution in [0.25, 0.3) is 0 Å². The number of carbonyl (C=O) groups excluding carboxylic acids is 1. The van der Waals surface area contributed by atoms with Crippen molar-refractivity contribution in [1.29, 1.82) is 0 Å². The van der Waals surface area contributed by atoms with Crippen molar-refractivity contribution < 1.29 is 15.4 Å². The maximum Gasteiger partial charge on any atom is 0.139 e. The van der Waals surface area contributed by atoms with Crippen LogP contribution in [0.2, 0.25) is 0 Å². The smallest absolute Gasteiger partial charge is 0.139 e. The predicted octanol–water partition coefficient (Wildman–Crippen LogP) is 3.57. The van der Waals surface area contributed by atoms with E-state index in [4.69, 9.17) is 5.48 Å². The minimum absolute atomic E-state index is 0.00241. The van der Waals surface area contributed by atoms with E-state index in [0.717, 1.165) is 25.7 Å². The summed E-state index contributed by atoms with van der Waals surface area (Å²) in [4.78, 5) is 12.4. The molecule has 0 aromatic rings. The molecule has 4 rings (SSSR count). The molecule has 112 valence electrons. The SMILES string of the molecule is [2H]C1([2H])C[C@@H]2[C@H]3CC[C@]4(C)C(=O)CC[C@H]4[C@@H]3CC[C@@H]2C([2H])([2H])[C@@H]1O. The van der Waals surface area contributed by atoms with Crippen molar-refractivity contribution in [3.63, 3.8) is 0 Å². The van der Waals surface area contributed by atoms with Crippen LogP contribution in [0.5, 0.6) is 0 Å². The Bertz CT molecular complexity index is 563. The highest BCUT2D eigenvalue weighted by atomic mass is 16.3. The Morgan fingerprint density at radius 3 is 2.85 bits per heavy atom. The van der Waals surface area contributed by atoms with Gasteiger partial charge in [0.05, 0.1) is 6.10 Å². The summed E-state index contributed by atoms with van der Waals surface area (Å²) in [6, 6.07) is 0. The van der Waals surface area contributed by atoms with Gasteiger partial charge in [0, 0.05) is 17.3 Å². The molecule has 0 aromatic carbocycles. The van der Waals surface area contributed by atoms with E-state index >= 15 is 0 Å². The summed E-state index contributed by atoms with van der Waals surface area (Å²) in [5, 5.41) is 10.2. The molecule has 0 spiro atoms. The fourth-order valence-electron chi connectivity index (χ4n) is 5.93. The van der Waals surface area contributed by atoms with E-state index in [1.54, 1.807) is 0 Å². The van der Waals surface area contributed by atoms with Crippen LogP contribution in [-0.4, -0.2) is 17.0 Å². The lowest BCUT2D eigenvalue weighted by Gasteiger charge is -2.54. The summed E-state index contributed by atoms with van der Waals surface area (Å²) in [7, 11) is 0. The van der Waals surface area contributed by atoms with Gasteiger partial charge in [-0.1, -0.05) is 6.92 Å². The zero-order valence-electron chi connectivity index (χ0n) is 16.3. The molecule has 2 heteroatoms. The lowest BCUT2D eigenvalue weighted by Crippen LogP contribution is -2.49. The zero-order valence-corrected chi connectivity index (χ0v) is 12.3. The number of rotatable bonds is 0. The second kappa shape index (κ2) is 4.56. The molecule has 4 fully saturated rings. The number of hydrogen-bond donors (Lipinski definition) is 1. The Morgan fingerprint density at radius 2 is 2.00 bits per heavy atom. The third-order valence-electron chi connectivity index (χ3n) is 7.00. The summed E-state index contributed by atoms with van der Waals surface area (Å²) >= 11 is 0. The summed E-state index contributed by atoms with van der Waals surface area (Å²) < 4.78 is 33.0. The normalized spacial score (nSPS) is 63.0. The number of carbonyl (C=O) groups is 1. The second-order valence-corrected chi connectivity index (χ2v) is 7.68. The Hall–Kier alpha value is -0.370. The molecular formula is C18H28O2. The predicted molar refractivity (Wildman–Crippen MR) is 78.1 cm³/mol. The number of ketones is 1. The standard InChI is InChI=1S/C18H28O2/c1-18-9-8-14-13-5-3-12(19)10-11(13)2-4-15(14)16(18)6-7-17(18)20/h11-16,19H,2-10H2,1H3/t11-,12-,13+,14-,15-,16+,18+/m1/s1/i3D2,10D2. The first kappa shape index (κ1) is 9.61. The summed E-state index contributed by atoms with van der Waals surface area (Å²) in [6.07, 6.45) is 0.0580. The fraction of sp³-hybridized carbons (Fsp3) is 0.944. The molecule has 1 N–H and O–H groups in total. The number of aliphatic hydroxyl groups excluding tert-OH is 1. The van der Waals surface area contributed by atoms with Crippen LogP contribution in [0.15, 0.2) is 0 Å². The molecule has 0 saturated heterocycles. The first-order valence-electron chi connectivity index (χ1n) is 10.3. The lowest BCUT2D eigenvalue weighted by molar-refractivity contribution is -0.133. The van der Waals surface area contributed by atoms with Crippen molar-refractivity contribution in [2.45, 2.75) is 70.7 Å². The maximum absolute atomic E-state index is 12.4. The van der Waals surface area contributed by atoms with Gasteiger partial charge in [-0.05, 0) is 80.9 Å². The summed E-state index contributed by atoms with van der Waals surface area (Å²) in [5.74, 6) is 1.28. The van der Waals surface area contributed by atoms with Gasteiger partial charge in [-0.25, -0.2) is 0 Å². The van der Waals surface area contributed by atoms with Gasteiger partial charge < -0.3 is 5.11 Å². The van der Waals surface area contributed by atoms with Crippen LogP contribution in [-0.2, 0) is 4.79 Å². The highest BCUT2D eigenvalue weighted by Gasteiger charge is 2.56. The molecule has 4 saturated carbocycles. The first-order valence-corrected chi connectivity index (χ1v) is 8.30. The van der Waals surface area contributed by atoms with Crippen molar-refractivity contribution in [1.82, 2.24) is 0 Å². The molecule has 4 aliphatic rings. The minimum atomic E-state index is -1.86. The monoisotopic (exact) mass is 280 g/mol. The fourth-order valence-corrected chi connectivity index (χ4v) is 5.93. The number of hydrogen-bond acceptors (Lipinski definition) is 2. The third kappa shape index (κ3) is 1.76. The average Bonchev–Trinajstić information content (AvgIpc) is 2.81. The third-order valence-corrected chi connectivity index (χ3v) is 7.00. The summed E-state index contributed by atoms with van der Waals surface area (Å²) in [5.41, 5.74) is -0.194. The van der Waals surface area contributed by atoms with Gasteiger partial charge in [-0.3, -0.25) is 4.79 Å². The van der Waals surface area contributed by atoms with E-state index in [9.17, 15) is 9.90 Å². The molecule has 2 nitrogen and oxygen atoms in total. The Kier molecular flexibility index (Phi) is 2.19. The Balaban J connectivity index is 1.66. The van der Waals surface area contributed by atoms with Crippen molar-refractivity contribution >= 4 is 5.78 Å². The van der Waals surface area contributed by atoms with E-state index in [2.05, 4.69) is 6.92 Å². The number of fused-ring (bicyclic) bond motifs is 5. The van der Waals surface area contributed by atoms with Gasteiger partial charge in [-0.15, -0.1) is 0 Å².